The van der Waals surface area contributed by atoms with Crippen molar-refractivity contribution in [1.29, 1.82) is 0 Å². The van der Waals surface area contributed by atoms with Gasteiger partial charge in [0.25, 0.3) is 5.56 Å². The summed E-state index contributed by atoms with van der Waals surface area (Å²) in [5.41, 5.74) is 2.89. The van der Waals surface area contributed by atoms with Crippen LogP contribution in [0.25, 0.3) is 11.8 Å². The fourth-order valence-electron chi connectivity index (χ4n) is 4.64. The van der Waals surface area contributed by atoms with Crippen molar-refractivity contribution in [1.82, 2.24) is 4.57 Å². The number of carbonyl (C=O) groups excluding carboxylic acids is 1. The van der Waals surface area contributed by atoms with Crippen molar-refractivity contribution < 1.29 is 19.0 Å². The molecule has 1 aliphatic rings. The number of hydrogen-bond donors (Lipinski definition) is 0. The van der Waals surface area contributed by atoms with Gasteiger partial charge in [-0.05, 0) is 62.2 Å². The van der Waals surface area contributed by atoms with E-state index in [-0.39, 0.29) is 18.3 Å². The summed E-state index contributed by atoms with van der Waals surface area (Å²) in [5.74, 6) is 0.881. The molecular weight excluding hydrogens is 524 g/mol. The lowest BCUT2D eigenvalue weighted by atomic mass is 9.93. The van der Waals surface area contributed by atoms with E-state index in [1.54, 1.807) is 18.6 Å². The Morgan fingerprint density at radius 1 is 1.02 bits per heavy atom. The SMILES string of the molecule is CCOC(=O)C1=C(c2ccccc2)N=c2s/c(=C\c3cccc(OC(C)C)c3)c(=O)n2[C@@H]1c1ccc(OC)cc1. The van der Waals surface area contributed by atoms with Gasteiger partial charge >= 0.3 is 5.97 Å². The van der Waals surface area contributed by atoms with Crippen molar-refractivity contribution in [3.05, 3.63) is 121 Å². The van der Waals surface area contributed by atoms with Gasteiger partial charge in [0.2, 0.25) is 0 Å². The summed E-state index contributed by atoms with van der Waals surface area (Å²) >= 11 is 1.28. The van der Waals surface area contributed by atoms with Crippen molar-refractivity contribution >= 4 is 29.1 Å². The molecular formula is C32H30N2O5S. The number of hydrogen-bond acceptors (Lipinski definition) is 7. The normalized spacial score (nSPS) is 15.0. The molecule has 1 aromatic heterocycles. The Bertz CT molecular complexity index is 1730. The summed E-state index contributed by atoms with van der Waals surface area (Å²) in [6, 6.07) is 23.7. The molecule has 0 saturated carbocycles. The quantitative estimate of drug-likeness (QED) is 0.294. The number of nitrogens with zero attached hydrogens (tertiary/aromatic N) is 2. The first kappa shape index (κ1) is 27.1. The van der Waals surface area contributed by atoms with Crippen molar-refractivity contribution in [2.45, 2.75) is 32.9 Å². The van der Waals surface area contributed by atoms with Gasteiger partial charge in [-0.25, -0.2) is 9.79 Å². The summed E-state index contributed by atoms with van der Waals surface area (Å²) < 4.78 is 18.8. The predicted octanol–water partition coefficient (Wildman–Crippen LogP) is 4.73. The third-order valence-corrected chi connectivity index (χ3v) is 7.32. The average Bonchev–Trinajstić information content (AvgIpc) is 3.27. The van der Waals surface area contributed by atoms with Crippen LogP contribution in [0.3, 0.4) is 0 Å². The number of carbonyl (C=O) groups is 1. The van der Waals surface area contributed by atoms with Crippen molar-refractivity contribution in [3.8, 4) is 11.5 Å². The maximum atomic E-state index is 14.0. The van der Waals surface area contributed by atoms with Gasteiger partial charge in [-0.3, -0.25) is 9.36 Å². The number of ether oxygens (including phenoxy) is 3. The zero-order chi connectivity index (χ0) is 28.2. The first-order chi connectivity index (χ1) is 19.4. The summed E-state index contributed by atoms with van der Waals surface area (Å²) in [4.78, 5) is 32.9. The van der Waals surface area contributed by atoms with Gasteiger partial charge in [-0.1, -0.05) is 65.9 Å². The molecule has 2 heterocycles. The zero-order valence-corrected chi connectivity index (χ0v) is 23.6. The Morgan fingerprint density at radius 2 is 1.77 bits per heavy atom. The minimum Gasteiger partial charge on any atom is -0.497 e. The lowest BCUT2D eigenvalue weighted by Crippen LogP contribution is -2.40. The lowest BCUT2D eigenvalue weighted by Gasteiger charge is -2.26. The van der Waals surface area contributed by atoms with E-state index in [4.69, 9.17) is 19.2 Å². The Kier molecular flexibility index (Phi) is 7.98. The number of methoxy groups -OCH3 is 1. The molecule has 0 saturated heterocycles. The van der Waals surface area contributed by atoms with Crippen LogP contribution in [0.15, 0.2) is 94.2 Å². The summed E-state index contributed by atoms with van der Waals surface area (Å²) in [7, 11) is 1.59. The van der Waals surface area contributed by atoms with Crippen LogP contribution < -0.4 is 24.4 Å². The highest BCUT2D eigenvalue weighted by Crippen LogP contribution is 2.35. The van der Waals surface area contributed by atoms with Crippen LogP contribution in [0.5, 0.6) is 11.5 Å². The first-order valence-corrected chi connectivity index (χ1v) is 13.9. The molecule has 1 atom stereocenters. The summed E-state index contributed by atoms with van der Waals surface area (Å²) in [6.45, 7) is 5.89. The van der Waals surface area contributed by atoms with Crippen molar-refractivity contribution in [3.63, 3.8) is 0 Å². The largest absolute Gasteiger partial charge is 0.497 e. The third kappa shape index (κ3) is 5.49. The molecule has 0 N–H and O–H groups in total. The first-order valence-electron chi connectivity index (χ1n) is 13.1. The molecule has 4 aromatic rings. The number of fused-ring (bicyclic) bond motifs is 1. The standard InChI is InChI=1S/C32H30N2O5S/c1-5-38-31(36)27-28(22-11-7-6-8-12-22)33-32-34(29(27)23-14-16-24(37-4)17-15-23)30(35)26(40-32)19-21-10-9-13-25(18-21)39-20(2)3/h6-20,29H,5H2,1-4H3/b26-19-/t29-/m1/s1. The van der Waals surface area contributed by atoms with Gasteiger partial charge in [0, 0.05) is 5.56 Å². The van der Waals surface area contributed by atoms with E-state index in [0.717, 1.165) is 22.4 Å². The second-order valence-electron chi connectivity index (χ2n) is 9.44. The highest BCUT2D eigenvalue weighted by molar-refractivity contribution is 7.07. The summed E-state index contributed by atoms with van der Waals surface area (Å²) in [6.07, 6.45) is 1.86. The Balaban J connectivity index is 1.77. The molecule has 1 aliphatic heterocycles. The van der Waals surface area contributed by atoms with Gasteiger partial charge in [0.15, 0.2) is 4.80 Å². The van der Waals surface area contributed by atoms with E-state index in [1.165, 1.54) is 11.3 Å². The van der Waals surface area contributed by atoms with Crippen LogP contribution in [0.1, 0.15) is 43.5 Å². The zero-order valence-electron chi connectivity index (χ0n) is 22.8. The fourth-order valence-corrected chi connectivity index (χ4v) is 5.64. The number of thiazole rings is 1. The van der Waals surface area contributed by atoms with E-state index in [1.807, 2.05) is 98.8 Å². The van der Waals surface area contributed by atoms with Gasteiger partial charge in [0.1, 0.15) is 11.5 Å². The maximum Gasteiger partial charge on any atom is 0.338 e. The van der Waals surface area contributed by atoms with E-state index >= 15 is 0 Å². The van der Waals surface area contributed by atoms with Gasteiger partial charge in [-0.15, -0.1) is 0 Å². The fraction of sp³-hybridized carbons (Fsp3) is 0.219. The number of benzene rings is 3. The number of esters is 1. The van der Waals surface area contributed by atoms with E-state index in [0.29, 0.717) is 26.4 Å². The van der Waals surface area contributed by atoms with Crippen LogP contribution in [0, 0.1) is 0 Å². The van der Waals surface area contributed by atoms with E-state index in [2.05, 4.69) is 0 Å². The molecule has 5 rings (SSSR count). The Morgan fingerprint density at radius 3 is 2.45 bits per heavy atom. The van der Waals surface area contributed by atoms with Gasteiger partial charge in [0.05, 0.1) is 41.7 Å². The molecule has 204 valence electrons. The molecule has 0 fully saturated rings. The molecule has 0 aliphatic carbocycles. The molecule has 0 spiro atoms. The highest BCUT2D eigenvalue weighted by atomic mass is 32.1. The van der Waals surface area contributed by atoms with E-state index < -0.39 is 12.0 Å². The average molecular weight is 555 g/mol. The summed E-state index contributed by atoms with van der Waals surface area (Å²) in [5, 5.41) is 0. The van der Waals surface area contributed by atoms with Crippen LogP contribution in [-0.2, 0) is 9.53 Å². The van der Waals surface area contributed by atoms with Crippen LogP contribution in [0.2, 0.25) is 0 Å². The van der Waals surface area contributed by atoms with E-state index in [9.17, 15) is 9.59 Å². The van der Waals surface area contributed by atoms with Crippen molar-refractivity contribution in [2.75, 3.05) is 13.7 Å². The molecule has 0 radical (unpaired) electrons. The van der Waals surface area contributed by atoms with Gasteiger partial charge in [-0.2, -0.15) is 0 Å². The monoisotopic (exact) mass is 554 g/mol. The topological polar surface area (TPSA) is 79.1 Å². The maximum absolute atomic E-state index is 14.0. The number of rotatable bonds is 8. The molecule has 0 unspecified atom stereocenters. The lowest BCUT2D eigenvalue weighted by molar-refractivity contribution is -0.138. The molecule has 8 heteroatoms. The molecule has 3 aromatic carbocycles. The second-order valence-corrected chi connectivity index (χ2v) is 10.5. The molecule has 0 bridgehead atoms. The second kappa shape index (κ2) is 11.8. The van der Waals surface area contributed by atoms with Gasteiger partial charge < -0.3 is 14.2 Å². The molecule has 40 heavy (non-hydrogen) atoms. The smallest absolute Gasteiger partial charge is 0.338 e. The minimum atomic E-state index is -0.742. The van der Waals surface area contributed by atoms with Crippen molar-refractivity contribution in [2.24, 2.45) is 4.99 Å². The van der Waals surface area contributed by atoms with Crippen LogP contribution in [-0.4, -0.2) is 30.4 Å². The highest BCUT2D eigenvalue weighted by Gasteiger charge is 2.35. The van der Waals surface area contributed by atoms with Crippen LogP contribution in [0.4, 0.5) is 0 Å². The van der Waals surface area contributed by atoms with Crippen LogP contribution >= 0.6 is 11.3 Å². The predicted molar refractivity (Wildman–Crippen MR) is 156 cm³/mol. The minimum absolute atomic E-state index is 0.0303. The Hall–Kier alpha value is -4.43. The molecule has 7 nitrogen and oxygen atoms in total. The Labute approximate surface area is 236 Å². The molecule has 0 amide bonds. The third-order valence-electron chi connectivity index (χ3n) is 6.33. The number of aromatic nitrogens is 1.